The van der Waals surface area contributed by atoms with E-state index in [-0.39, 0.29) is 0 Å². The average Bonchev–Trinajstić information content (AvgIpc) is 1.87. The maximum absolute atomic E-state index is 4.93. The standard InChI is InChI=1S/C4H12O3Si/c1-4(5-2,6-3)7-8/h1-3,8H3. The molecule has 3 nitrogen and oxygen atoms in total. The molecule has 0 aliphatic rings. The quantitative estimate of drug-likeness (QED) is 0.377. The molecule has 0 saturated carbocycles. The maximum Gasteiger partial charge on any atom is 0.269 e. The summed E-state index contributed by atoms with van der Waals surface area (Å²) in [6.45, 7) is 1.72. The summed E-state index contributed by atoms with van der Waals surface area (Å²) in [7, 11) is 3.70. The Morgan fingerprint density at radius 3 is 1.62 bits per heavy atom. The summed E-state index contributed by atoms with van der Waals surface area (Å²) < 4.78 is 14.6. The van der Waals surface area contributed by atoms with E-state index in [4.69, 9.17) is 13.9 Å². The number of hydrogen-bond donors (Lipinski definition) is 0. The Hall–Kier alpha value is 0.0969. The van der Waals surface area contributed by atoms with Gasteiger partial charge in [-0.1, -0.05) is 0 Å². The van der Waals surface area contributed by atoms with Gasteiger partial charge < -0.3 is 13.9 Å². The molecule has 0 bridgehead atoms. The van der Waals surface area contributed by atoms with Gasteiger partial charge in [0.05, 0.1) is 0 Å². The van der Waals surface area contributed by atoms with Gasteiger partial charge in [0.1, 0.15) is 0 Å². The normalized spacial score (nSPS) is 12.4. The fourth-order valence-electron chi connectivity index (χ4n) is 0.250. The van der Waals surface area contributed by atoms with Crippen LogP contribution in [0.15, 0.2) is 0 Å². The summed E-state index contributed by atoms with van der Waals surface area (Å²) in [4.78, 5) is 0. The third-order valence-electron chi connectivity index (χ3n) is 1.11. The third kappa shape index (κ3) is 1.91. The molecule has 0 spiro atoms. The summed E-state index contributed by atoms with van der Waals surface area (Å²) >= 11 is 0. The molecule has 8 heavy (non-hydrogen) atoms. The minimum Gasteiger partial charge on any atom is -0.380 e. The van der Waals surface area contributed by atoms with E-state index in [0.29, 0.717) is 10.5 Å². The second-order valence-electron chi connectivity index (χ2n) is 1.47. The van der Waals surface area contributed by atoms with Gasteiger partial charge in [-0.25, -0.2) is 0 Å². The highest BCUT2D eigenvalue weighted by Gasteiger charge is 2.19. The lowest BCUT2D eigenvalue weighted by molar-refractivity contribution is -0.308. The van der Waals surface area contributed by atoms with Gasteiger partial charge in [0.15, 0.2) is 10.5 Å². The van der Waals surface area contributed by atoms with Crippen LogP contribution in [0.3, 0.4) is 0 Å². The topological polar surface area (TPSA) is 27.7 Å². The van der Waals surface area contributed by atoms with Crippen molar-refractivity contribution in [1.29, 1.82) is 0 Å². The Kier molecular flexibility index (Phi) is 3.23. The Labute approximate surface area is 52.5 Å². The van der Waals surface area contributed by atoms with Crippen molar-refractivity contribution >= 4 is 10.5 Å². The molecule has 0 N–H and O–H groups in total. The van der Waals surface area contributed by atoms with E-state index in [9.17, 15) is 0 Å². The maximum atomic E-state index is 4.93. The highest BCUT2D eigenvalue weighted by Crippen LogP contribution is 2.07. The zero-order valence-corrected chi connectivity index (χ0v) is 7.72. The van der Waals surface area contributed by atoms with E-state index in [2.05, 4.69) is 0 Å². The number of ether oxygens (including phenoxy) is 2. The molecule has 0 atom stereocenters. The summed E-state index contributed by atoms with van der Waals surface area (Å²) in [5.41, 5.74) is 0. The summed E-state index contributed by atoms with van der Waals surface area (Å²) in [5, 5.41) is 0. The van der Waals surface area contributed by atoms with Crippen LogP contribution in [0, 0.1) is 0 Å². The van der Waals surface area contributed by atoms with E-state index in [1.165, 1.54) is 0 Å². The summed E-state index contributed by atoms with van der Waals surface area (Å²) in [5.74, 6) is -0.813. The highest BCUT2D eigenvalue weighted by molar-refractivity contribution is 5.98. The fourth-order valence-corrected chi connectivity index (χ4v) is 0.583. The first-order chi connectivity index (χ1) is 3.68. The lowest BCUT2D eigenvalue weighted by Crippen LogP contribution is -2.32. The molecule has 0 aliphatic carbocycles. The van der Waals surface area contributed by atoms with Crippen LogP contribution in [0.2, 0.25) is 0 Å². The van der Waals surface area contributed by atoms with Crippen molar-refractivity contribution in [2.24, 2.45) is 0 Å². The molecule has 0 heterocycles. The number of methoxy groups -OCH3 is 2. The zero-order valence-electron chi connectivity index (χ0n) is 5.72. The highest BCUT2D eigenvalue weighted by atomic mass is 28.2. The molecule has 50 valence electrons. The van der Waals surface area contributed by atoms with Crippen molar-refractivity contribution in [3.05, 3.63) is 0 Å². The van der Waals surface area contributed by atoms with Gasteiger partial charge in [0.2, 0.25) is 0 Å². The first kappa shape index (κ1) is 8.10. The predicted octanol–water partition coefficient (Wildman–Crippen LogP) is -0.750. The SMILES string of the molecule is COC(C)(OC)O[SiH3]. The van der Waals surface area contributed by atoms with Crippen LogP contribution < -0.4 is 0 Å². The Morgan fingerprint density at radius 1 is 1.25 bits per heavy atom. The molecule has 0 fully saturated rings. The summed E-state index contributed by atoms with van der Waals surface area (Å²) in [6, 6.07) is 0. The molecule has 0 saturated heterocycles. The first-order valence-corrected chi connectivity index (χ1v) is 3.15. The second kappa shape index (κ2) is 3.19. The predicted molar refractivity (Wildman–Crippen MR) is 33.4 cm³/mol. The van der Waals surface area contributed by atoms with Crippen molar-refractivity contribution < 1.29 is 13.9 Å². The second-order valence-corrected chi connectivity index (χ2v) is 1.88. The van der Waals surface area contributed by atoms with Gasteiger partial charge >= 0.3 is 0 Å². The van der Waals surface area contributed by atoms with E-state index in [0.717, 1.165) is 0 Å². The minimum atomic E-state index is -0.813. The van der Waals surface area contributed by atoms with Crippen LogP contribution in [0.25, 0.3) is 0 Å². The van der Waals surface area contributed by atoms with Gasteiger partial charge in [0, 0.05) is 21.1 Å². The number of hydrogen-bond acceptors (Lipinski definition) is 3. The fraction of sp³-hybridized carbons (Fsp3) is 1.00. The van der Waals surface area contributed by atoms with Gasteiger partial charge in [0.25, 0.3) is 5.97 Å². The largest absolute Gasteiger partial charge is 0.380 e. The Bertz CT molecular complexity index is 54.0. The molecule has 0 aliphatic heterocycles. The molecule has 0 radical (unpaired) electrons. The van der Waals surface area contributed by atoms with E-state index in [1.54, 1.807) is 21.1 Å². The Morgan fingerprint density at radius 2 is 1.62 bits per heavy atom. The van der Waals surface area contributed by atoms with Gasteiger partial charge in [-0.15, -0.1) is 0 Å². The molecule has 0 aromatic rings. The molecule has 0 unspecified atom stereocenters. The molecular formula is C4H12O3Si. The summed E-state index contributed by atoms with van der Waals surface area (Å²) in [6.07, 6.45) is 0. The van der Waals surface area contributed by atoms with Crippen molar-refractivity contribution in [3.63, 3.8) is 0 Å². The average molecular weight is 136 g/mol. The van der Waals surface area contributed by atoms with Crippen LogP contribution >= 0.6 is 0 Å². The molecule has 4 heteroatoms. The van der Waals surface area contributed by atoms with E-state index >= 15 is 0 Å². The zero-order chi connectivity index (χ0) is 6.62. The van der Waals surface area contributed by atoms with Crippen LogP contribution in [0.4, 0.5) is 0 Å². The van der Waals surface area contributed by atoms with Crippen LogP contribution in [0.1, 0.15) is 6.92 Å². The molecule has 0 rings (SSSR count). The van der Waals surface area contributed by atoms with Crippen LogP contribution in [0.5, 0.6) is 0 Å². The van der Waals surface area contributed by atoms with E-state index < -0.39 is 5.97 Å². The van der Waals surface area contributed by atoms with Gasteiger partial charge in [-0.05, 0) is 0 Å². The van der Waals surface area contributed by atoms with E-state index in [1.807, 2.05) is 0 Å². The molecule has 0 aromatic carbocycles. The Balaban J connectivity index is 3.58. The smallest absolute Gasteiger partial charge is 0.269 e. The lowest BCUT2D eigenvalue weighted by Gasteiger charge is -2.23. The van der Waals surface area contributed by atoms with Crippen molar-refractivity contribution in [1.82, 2.24) is 0 Å². The van der Waals surface area contributed by atoms with Crippen molar-refractivity contribution in [3.8, 4) is 0 Å². The molecule has 0 amide bonds. The first-order valence-electron chi connectivity index (χ1n) is 2.34. The number of rotatable bonds is 3. The van der Waals surface area contributed by atoms with Crippen LogP contribution in [-0.2, 0) is 13.9 Å². The molecular weight excluding hydrogens is 124 g/mol. The van der Waals surface area contributed by atoms with Gasteiger partial charge in [-0.2, -0.15) is 0 Å². The van der Waals surface area contributed by atoms with Gasteiger partial charge in [-0.3, -0.25) is 0 Å². The van der Waals surface area contributed by atoms with Crippen molar-refractivity contribution in [2.45, 2.75) is 12.9 Å². The van der Waals surface area contributed by atoms with Crippen molar-refractivity contribution in [2.75, 3.05) is 14.2 Å². The molecule has 0 aromatic heterocycles. The monoisotopic (exact) mass is 136 g/mol. The minimum absolute atomic E-state index is 0.616. The van der Waals surface area contributed by atoms with Crippen LogP contribution in [-0.4, -0.2) is 30.7 Å². The lowest BCUT2D eigenvalue weighted by atomic mass is 10.7. The third-order valence-corrected chi connectivity index (χ3v) is 1.85.